The number of rotatable bonds is 4. The minimum atomic E-state index is -0.340. The number of aryl methyl sites for hydroxylation is 1. The second-order valence-corrected chi connectivity index (χ2v) is 5.76. The van der Waals surface area contributed by atoms with E-state index in [1.165, 1.54) is 5.56 Å². The standard InChI is InChI=1S/C16H20N2O3/c1-10(2)16-17-15(21-18-16)9-20-12-6-7-13-11(8-12)4-3-5-14(13)19/h6-8,10,14,19H,3-5,9H2,1-2H3. The normalized spacial score (nSPS) is 17.8. The Kier molecular flexibility index (Phi) is 3.92. The fourth-order valence-electron chi connectivity index (χ4n) is 2.56. The van der Waals surface area contributed by atoms with Crippen molar-refractivity contribution in [1.29, 1.82) is 0 Å². The first kappa shape index (κ1) is 14.1. The summed E-state index contributed by atoms with van der Waals surface area (Å²) in [5, 5.41) is 13.8. The highest BCUT2D eigenvalue weighted by Gasteiger charge is 2.18. The smallest absolute Gasteiger partial charge is 0.264 e. The van der Waals surface area contributed by atoms with Crippen molar-refractivity contribution in [1.82, 2.24) is 10.1 Å². The average Bonchev–Trinajstić information content (AvgIpc) is 2.94. The van der Waals surface area contributed by atoms with Gasteiger partial charge in [0, 0.05) is 5.92 Å². The minimum absolute atomic E-state index is 0.243. The van der Waals surface area contributed by atoms with Gasteiger partial charge in [-0.05, 0) is 42.5 Å². The monoisotopic (exact) mass is 288 g/mol. The summed E-state index contributed by atoms with van der Waals surface area (Å²) in [6.45, 7) is 4.30. The molecule has 1 aliphatic carbocycles. The third-order valence-corrected chi connectivity index (χ3v) is 3.76. The van der Waals surface area contributed by atoms with Crippen molar-refractivity contribution in [2.45, 2.75) is 51.7 Å². The number of fused-ring (bicyclic) bond motifs is 1. The lowest BCUT2D eigenvalue weighted by Gasteiger charge is -2.21. The lowest BCUT2D eigenvalue weighted by Crippen LogP contribution is -2.09. The van der Waals surface area contributed by atoms with E-state index in [1.807, 2.05) is 32.0 Å². The number of aliphatic hydroxyl groups excluding tert-OH is 1. The van der Waals surface area contributed by atoms with Gasteiger partial charge in [0.15, 0.2) is 12.4 Å². The van der Waals surface area contributed by atoms with E-state index in [1.54, 1.807) is 0 Å². The van der Waals surface area contributed by atoms with Crippen LogP contribution in [0.25, 0.3) is 0 Å². The van der Waals surface area contributed by atoms with Gasteiger partial charge in [-0.3, -0.25) is 0 Å². The number of ether oxygens (including phenoxy) is 1. The van der Waals surface area contributed by atoms with E-state index in [2.05, 4.69) is 10.1 Å². The van der Waals surface area contributed by atoms with Crippen LogP contribution in [0.4, 0.5) is 0 Å². The van der Waals surface area contributed by atoms with Gasteiger partial charge >= 0.3 is 0 Å². The Bertz CT molecular complexity index is 622. The third kappa shape index (κ3) is 3.08. The van der Waals surface area contributed by atoms with Gasteiger partial charge in [0.25, 0.3) is 5.89 Å². The molecule has 0 aliphatic heterocycles. The first-order chi connectivity index (χ1) is 10.1. The molecule has 2 aromatic rings. The summed E-state index contributed by atoms with van der Waals surface area (Å²) in [5.74, 6) is 2.19. The zero-order chi connectivity index (χ0) is 14.8. The van der Waals surface area contributed by atoms with Crippen molar-refractivity contribution < 1.29 is 14.4 Å². The van der Waals surface area contributed by atoms with Gasteiger partial charge in [0.05, 0.1) is 6.10 Å². The first-order valence-electron chi connectivity index (χ1n) is 7.39. The van der Waals surface area contributed by atoms with Crippen molar-refractivity contribution in [3.05, 3.63) is 41.0 Å². The number of aromatic nitrogens is 2. The Morgan fingerprint density at radius 3 is 3.05 bits per heavy atom. The van der Waals surface area contributed by atoms with E-state index in [-0.39, 0.29) is 18.6 Å². The van der Waals surface area contributed by atoms with Gasteiger partial charge in [-0.2, -0.15) is 4.98 Å². The van der Waals surface area contributed by atoms with Crippen LogP contribution in [0.15, 0.2) is 22.7 Å². The molecule has 1 atom stereocenters. The maximum absolute atomic E-state index is 9.94. The molecule has 5 nitrogen and oxygen atoms in total. The third-order valence-electron chi connectivity index (χ3n) is 3.76. The van der Waals surface area contributed by atoms with Crippen molar-refractivity contribution >= 4 is 0 Å². The molecule has 0 saturated carbocycles. The highest BCUT2D eigenvalue weighted by atomic mass is 16.5. The zero-order valence-corrected chi connectivity index (χ0v) is 12.4. The van der Waals surface area contributed by atoms with Crippen LogP contribution in [0, 0.1) is 0 Å². The van der Waals surface area contributed by atoms with Gasteiger partial charge in [0.2, 0.25) is 0 Å². The molecular weight excluding hydrogens is 268 g/mol. The topological polar surface area (TPSA) is 68.4 Å². The molecule has 1 aromatic heterocycles. The Morgan fingerprint density at radius 2 is 2.29 bits per heavy atom. The molecule has 1 aliphatic rings. The number of aliphatic hydroxyl groups is 1. The molecule has 3 rings (SSSR count). The Hall–Kier alpha value is -1.88. The Morgan fingerprint density at radius 1 is 1.43 bits per heavy atom. The van der Waals surface area contributed by atoms with E-state index in [0.717, 1.165) is 30.6 Å². The molecule has 0 saturated heterocycles. The summed E-state index contributed by atoms with van der Waals surface area (Å²) in [6, 6.07) is 5.83. The minimum Gasteiger partial charge on any atom is -0.484 e. The largest absolute Gasteiger partial charge is 0.484 e. The summed E-state index contributed by atoms with van der Waals surface area (Å²) in [6.07, 6.45) is 2.50. The molecule has 1 aromatic carbocycles. The van der Waals surface area contributed by atoms with Crippen LogP contribution in [-0.2, 0) is 13.0 Å². The van der Waals surface area contributed by atoms with Crippen LogP contribution < -0.4 is 4.74 Å². The Labute approximate surface area is 123 Å². The maximum atomic E-state index is 9.94. The van der Waals surface area contributed by atoms with Crippen LogP contribution in [0.3, 0.4) is 0 Å². The second kappa shape index (κ2) is 5.85. The van der Waals surface area contributed by atoms with Gasteiger partial charge < -0.3 is 14.4 Å². The summed E-state index contributed by atoms with van der Waals surface area (Å²) in [4.78, 5) is 4.28. The molecule has 1 heterocycles. The molecule has 112 valence electrons. The van der Waals surface area contributed by atoms with Gasteiger partial charge in [-0.1, -0.05) is 25.1 Å². The fraction of sp³-hybridized carbons (Fsp3) is 0.500. The summed E-state index contributed by atoms with van der Waals surface area (Å²) < 4.78 is 10.9. The summed E-state index contributed by atoms with van der Waals surface area (Å²) in [5.41, 5.74) is 2.19. The van der Waals surface area contributed by atoms with E-state index in [0.29, 0.717) is 11.7 Å². The SMILES string of the molecule is CC(C)c1noc(COc2ccc3c(c2)CCCC3O)n1. The lowest BCUT2D eigenvalue weighted by atomic mass is 9.89. The van der Waals surface area contributed by atoms with Crippen LogP contribution in [0.1, 0.15) is 61.6 Å². The first-order valence-corrected chi connectivity index (χ1v) is 7.39. The number of nitrogens with zero attached hydrogens (tertiary/aromatic N) is 2. The average molecular weight is 288 g/mol. The summed E-state index contributed by atoms with van der Waals surface area (Å²) in [7, 11) is 0. The van der Waals surface area contributed by atoms with Crippen LogP contribution in [-0.4, -0.2) is 15.2 Å². The second-order valence-electron chi connectivity index (χ2n) is 5.76. The predicted molar refractivity (Wildman–Crippen MR) is 77.1 cm³/mol. The molecule has 5 heteroatoms. The van der Waals surface area contributed by atoms with Crippen molar-refractivity contribution in [2.24, 2.45) is 0 Å². The lowest BCUT2D eigenvalue weighted by molar-refractivity contribution is 0.156. The van der Waals surface area contributed by atoms with E-state index in [4.69, 9.17) is 9.26 Å². The van der Waals surface area contributed by atoms with Crippen LogP contribution >= 0.6 is 0 Å². The number of hydrogen-bond donors (Lipinski definition) is 1. The quantitative estimate of drug-likeness (QED) is 0.936. The molecule has 0 spiro atoms. The van der Waals surface area contributed by atoms with Gasteiger partial charge in [0.1, 0.15) is 5.75 Å². The van der Waals surface area contributed by atoms with Crippen LogP contribution in [0.2, 0.25) is 0 Å². The fourth-order valence-corrected chi connectivity index (χ4v) is 2.56. The number of benzene rings is 1. The van der Waals surface area contributed by atoms with Crippen molar-refractivity contribution in [3.8, 4) is 5.75 Å². The number of hydrogen-bond acceptors (Lipinski definition) is 5. The molecule has 0 bridgehead atoms. The van der Waals surface area contributed by atoms with E-state index >= 15 is 0 Å². The maximum Gasteiger partial charge on any atom is 0.264 e. The van der Waals surface area contributed by atoms with E-state index < -0.39 is 0 Å². The van der Waals surface area contributed by atoms with Crippen molar-refractivity contribution in [2.75, 3.05) is 0 Å². The molecule has 0 amide bonds. The van der Waals surface area contributed by atoms with Gasteiger partial charge in [-0.25, -0.2) is 0 Å². The molecular formula is C16H20N2O3. The van der Waals surface area contributed by atoms with E-state index in [9.17, 15) is 5.11 Å². The molecule has 21 heavy (non-hydrogen) atoms. The van der Waals surface area contributed by atoms with Crippen LogP contribution in [0.5, 0.6) is 5.75 Å². The predicted octanol–water partition coefficient (Wildman–Crippen LogP) is 3.14. The van der Waals surface area contributed by atoms with Gasteiger partial charge in [-0.15, -0.1) is 0 Å². The van der Waals surface area contributed by atoms with Crippen molar-refractivity contribution in [3.63, 3.8) is 0 Å². The Balaban J connectivity index is 1.67. The highest BCUT2D eigenvalue weighted by molar-refractivity contribution is 5.38. The molecule has 1 unspecified atom stereocenters. The molecule has 1 N–H and O–H groups in total. The zero-order valence-electron chi connectivity index (χ0n) is 12.4. The molecule has 0 fully saturated rings. The summed E-state index contributed by atoms with van der Waals surface area (Å²) >= 11 is 0. The highest BCUT2D eigenvalue weighted by Crippen LogP contribution is 2.32. The molecule has 0 radical (unpaired) electrons.